The van der Waals surface area contributed by atoms with E-state index < -0.39 is 10.0 Å². The van der Waals surface area contributed by atoms with Crippen molar-refractivity contribution in [3.05, 3.63) is 42.5 Å². The van der Waals surface area contributed by atoms with Crippen molar-refractivity contribution in [3.8, 4) is 5.75 Å². The Bertz CT molecular complexity index is 1150. The highest BCUT2D eigenvalue weighted by atomic mass is 32.2. The molecule has 4 rings (SSSR count). The Morgan fingerprint density at radius 2 is 1.88 bits per heavy atom. The summed E-state index contributed by atoms with van der Waals surface area (Å²) in [5.74, 6) is 0.690. The molecule has 2 aliphatic rings. The summed E-state index contributed by atoms with van der Waals surface area (Å²) in [4.78, 5) is 27.8. The van der Waals surface area contributed by atoms with Crippen LogP contribution in [0.15, 0.2) is 47.4 Å². The van der Waals surface area contributed by atoms with Gasteiger partial charge < -0.3 is 19.9 Å². The van der Waals surface area contributed by atoms with Gasteiger partial charge in [-0.25, -0.2) is 8.42 Å². The predicted octanol–water partition coefficient (Wildman–Crippen LogP) is 3.20. The maximum Gasteiger partial charge on any atom is 0.282 e. The van der Waals surface area contributed by atoms with Gasteiger partial charge in [-0.15, -0.1) is 0 Å². The number of nitrogens with one attached hydrogen (secondary N) is 2. The largest absolute Gasteiger partial charge is 0.495 e. The van der Waals surface area contributed by atoms with Gasteiger partial charge in [0.15, 0.2) is 0 Å². The number of hydrogen-bond acceptors (Lipinski definition) is 7. The smallest absolute Gasteiger partial charge is 0.282 e. The van der Waals surface area contributed by atoms with Crippen LogP contribution in [-0.2, 0) is 14.8 Å². The zero-order chi connectivity index (χ0) is 23.4. The van der Waals surface area contributed by atoms with Crippen molar-refractivity contribution in [2.75, 3.05) is 54.0 Å². The van der Waals surface area contributed by atoms with Gasteiger partial charge in [-0.2, -0.15) is 0 Å². The van der Waals surface area contributed by atoms with Crippen LogP contribution in [0.1, 0.15) is 12.8 Å². The number of benzene rings is 2. The number of anilines is 3. The lowest BCUT2D eigenvalue weighted by molar-refractivity contribution is -0.116. The van der Waals surface area contributed by atoms with E-state index in [1.54, 1.807) is 36.4 Å². The first-order valence-corrected chi connectivity index (χ1v) is 13.1. The summed E-state index contributed by atoms with van der Waals surface area (Å²) in [6, 6.07) is 11.6. The molecule has 0 aromatic heterocycles. The average molecular weight is 491 g/mol. The van der Waals surface area contributed by atoms with Gasteiger partial charge in [-0.1, -0.05) is 23.9 Å². The van der Waals surface area contributed by atoms with Crippen LogP contribution in [0, 0.1) is 0 Å². The van der Waals surface area contributed by atoms with E-state index in [0.717, 1.165) is 25.9 Å². The summed E-state index contributed by atoms with van der Waals surface area (Å²) in [5, 5.41) is 2.60. The lowest BCUT2D eigenvalue weighted by Crippen LogP contribution is -2.33. The maximum atomic E-state index is 13.4. The molecule has 2 amide bonds. The van der Waals surface area contributed by atoms with Crippen LogP contribution in [0.4, 0.5) is 21.9 Å². The van der Waals surface area contributed by atoms with E-state index in [-0.39, 0.29) is 22.6 Å². The van der Waals surface area contributed by atoms with Gasteiger partial charge in [0, 0.05) is 31.1 Å². The molecule has 2 aromatic carbocycles. The van der Waals surface area contributed by atoms with Crippen molar-refractivity contribution >= 4 is 50.0 Å². The molecule has 0 spiro atoms. The number of carbonyl (C=O) groups excluding carboxylic acids is 2. The van der Waals surface area contributed by atoms with Crippen molar-refractivity contribution in [1.82, 2.24) is 4.90 Å². The molecular formula is C22H26N4O5S2. The topological polar surface area (TPSA) is 108 Å². The Morgan fingerprint density at radius 3 is 2.58 bits per heavy atom. The van der Waals surface area contributed by atoms with E-state index in [1.807, 2.05) is 4.90 Å². The Labute approximate surface area is 197 Å². The molecular weight excluding hydrogens is 464 g/mol. The third kappa shape index (κ3) is 5.36. The molecule has 2 aromatic rings. The fourth-order valence-corrected chi connectivity index (χ4v) is 6.05. The van der Waals surface area contributed by atoms with E-state index >= 15 is 0 Å². The molecule has 2 aliphatic heterocycles. The number of amides is 2. The molecule has 0 unspecified atom stereocenters. The van der Waals surface area contributed by atoms with E-state index in [9.17, 15) is 18.0 Å². The highest BCUT2D eigenvalue weighted by Crippen LogP contribution is 2.34. The molecule has 33 heavy (non-hydrogen) atoms. The molecule has 11 heteroatoms. The maximum absolute atomic E-state index is 13.4. The second kappa shape index (κ2) is 9.92. The van der Waals surface area contributed by atoms with Crippen LogP contribution >= 0.6 is 11.8 Å². The van der Waals surface area contributed by atoms with E-state index in [2.05, 4.69) is 10.0 Å². The van der Waals surface area contributed by atoms with E-state index in [0.29, 0.717) is 35.1 Å². The first-order chi connectivity index (χ1) is 15.9. The summed E-state index contributed by atoms with van der Waals surface area (Å²) < 4.78 is 34.8. The number of ether oxygens (including phenoxy) is 1. The van der Waals surface area contributed by atoms with Crippen LogP contribution in [0.25, 0.3) is 0 Å². The second-order valence-electron chi connectivity index (χ2n) is 7.77. The van der Waals surface area contributed by atoms with Crippen LogP contribution in [-0.4, -0.2) is 63.5 Å². The summed E-state index contributed by atoms with van der Waals surface area (Å²) in [6.07, 6.45) is 1.97. The number of methoxy groups -OCH3 is 1. The van der Waals surface area contributed by atoms with E-state index in [1.165, 1.54) is 29.8 Å². The van der Waals surface area contributed by atoms with Gasteiger partial charge in [0.25, 0.3) is 15.3 Å². The Kier molecular flexibility index (Phi) is 6.99. The molecule has 0 radical (unpaired) electrons. The highest BCUT2D eigenvalue weighted by molar-refractivity contribution is 8.13. The molecule has 176 valence electrons. The molecule has 0 bridgehead atoms. The van der Waals surface area contributed by atoms with Crippen LogP contribution in [0.5, 0.6) is 5.75 Å². The number of rotatable bonds is 8. The van der Waals surface area contributed by atoms with Crippen molar-refractivity contribution < 1.29 is 22.7 Å². The Morgan fingerprint density at radius 1 is 1.12 bits per heavy atom. The van der Waals surface area contributed by atoms with Gasteiger partial charge in [0.2, 0.25) is 5.91 Å². The molecule has 0 aliphatic carbocycles. The summed E-state index contributed by atoms with van der Waals surface area (Å²) in [7, 11) is -2.52. The minimum absolute atomic E-state index is 0.0682. The zero-order valence-electron chi connectivity index (χ0n) is 18.2. The Hall–Kier alpha value is -2.92. The molecule has 9 nitrogen and oxygen atoms in total. The lowest BCUT2D eigenvalue weighted by Gasteiger charge is -2.23. The third-order valence-corrected chi connectivity index (χ3v) is 7.80. The van der Waals surface area contributed by atoms with Crippen molar-refractivity contribution in [3.63, 3.8) is 0 Å². The quantitative estimate of drug-likeness (QED) is 0.585. The summed E-state index contributed by atoms with van der Waals surface area (Å²) in [5.41, 5.74) is 1.26. The predicted molar refractivity (Wildman–Crippen MR) is 130 cm³/mol. The van der Waals surface area contributed by atoms with Crippen LogP contribution < -0.4 is 19.7 Å². The average Bonchev–Trinajstić information content (AvgIpc) is 3.46. The zero-order valence-corrected chi connectivity index (χ0v) is 19.9. The van der Waals surface area contributed by atoms with Crippen molar-refractivity contribution in [2.45, 2.75) is 17.7 Å². The molecule has 0 atom stereocenters. The number of nitrogens with zero attached hydrogens (tertiary/aromatic N) is 2. The number of para-hydroxylation sites is 2. The van der Waals surface area contributed by atoms with Crippen LogP contribution in [0.3, 0.4) is 0 Å². The van der Waals surface area contributed by atoms with Gasteiger partial charge in [-0.05, 0) is 43.2 Å². The van der Waals surface area contributed by atoms with Gasteiger partial charge in [0.05, 0.1) is 18.5 Å². The SMILES string of the molecule is COc1ccccc1NS(=O)(=O)c1cc(NC(=O)CN2CCSC2=O)ccc1N1CCCC1. The first-order valence-electron chi connectivity index (χ1n) is 10.6. The lowest BCUT2D eigenvalue weighted by atomic mass is 10.2. The third-order valence-electron chi connectivity index (χ3n) is 5.51. The number of sulfonamides is 1. The number of thioether (sulfide) groups is 1. The van der Waals surface area contributed by atoms with Crippen molar-refractivity contribution in [1.29, 1.82) is 0 Å². The van der Waals surface area contributed by atoms with Gasteiger partial charge >= 0.3 is 0 Å². The van der Waals surface area contributed by atoms with Crippen molar-refractivity contribution in [2.24, 2.45) is 0 Å². The Balaban J connectivity index is 1.62. The minimum Gasteiger partial charge on any atom is -0.495 e. The van der Waals surface area contributed by atoms with Gasteiger partial charge in [-0.3, -0.25) is 14.3 Å². The van der Waals surface area contributed by atoms with E-state index in [4.69, 9.17) is 4.74 Å². The fourth-order valence-electron chi connectivity index (χ4n) is 3.90. The minimum atomic E-state index is -3.99. The highest BCUT2D eigenvalue weighted by Gasteiger charge is 2.27. The molecule has 2 saturated heterocycles. The molecule has 2 fully saturated rings. The summed E-state index contributed by atoms with van der Waals surface area (Å²) in [6.45, 7) is 1.98. The standard InChI is InChI=1S/C22H26N4O5S2/c1-31-19-7-3-2-6-17(19)24-33(29,30)20-14-16(8-9-18(20)25-10-4-5-11-25)23-21(27)15-26-12-13-32-22(26)28/h2-3,6-9,14,24H,4-5,10-13,15H2,1H3,(H,23,27). The summed E-state index contributed by atoms with van der Waals surface area (Å²) >= 11 is 1.18. The van der Waals surface area contributed by atoms with Crippen LogP contribution in [0.2, 0.25) is 0 Å². The molecule has 2 N–H and O–H groups in total. The number of hydrogen-bond donors (Lipinski definition) is 2. The van der Waals surface area contributed by atoms with Gasteiger partial charge in [0.1, 0.15) is 17.2 Å². The molecule has 0 saturated carbocycles. The number of carbonyl (C=O) groups is 2. The first kappa shape index (κ1) is 23.2. The normalized spacial score (nSPS) is 16.2. The molecule has 2 heterocycles. The second-order valence-corrected chi connectivity index (χ2v) is 10.5. The fraction of sp³-hybridized carbons (Fsp3) is 0.364. The monoisotopic (exact) mass is 490 g/mol.